The average Bonchev–Trinajstić information content (AvgIpc) is 3.04. The molecule has 8 heteroatoms. The Hall–Kier alpha value is -5.37. The molecule has 0 saturated heterocycles. The molecule has 208 valence electrons. The lowest BCUT2D eigenvalue weighted by molar-refractivity contribution is -0.490. The maximum atomic E-state index is 14.5. The van der Waals surface area contributed by atoms with Crippen LogP contribution in [0.4, 0.5) is 17.1 Å². The number of nitrogens with zero attached hydrogens (tertiary/aromatic N) is 3. The Morgan fingerprint density at radius 3 is 1.93 bits per heavy atom. The number of hydrazine groups is 1. The van der Waals surface area contributed by atoms with E-state index < -0.39 is 17.5 Å². The summed E-state index contributed by atoms with van der Waals surface area (Å²) in [6.07, 6.45) is 0. The second kappa shape index (κ2) is 11.2. The van der Waals surface area contributed by atoms with E-state index in [0.29, 0.717) is 22.6 Å². The summed E-state index contributed by atoms with van der Waals surface area (Å²) in [7, 11) is 0. The highest BCUT2D eigenvalue weighted by molar-refractivity contribution is 6.46. The number of azo groups is 1. The first-order chi connectivity index (χ1) is 20.6. The van der Waals surface area contributed by atoms with E-state index in [0.717, 1.165) is 21.5 Å². The molecule has 8 nitrogen and oxygen atoms in total. The number of anilines is 1. The summed E-state index contributed by atoms with van der Waals surface area (Å²) in [5.74, 6) is -1.51. The number of hydrogen-bond acceptors (Lipinski definition) is 7. The molecule has 1 aliphatic rings. The largest absolute Gasteiger partial charge is 0.463 e. The van der Waals surface area contributed by atoms with Crippen LogP contribution in [-0.4, -0.2) is 35.7 Å². The summed E-state index contributed by atoms with van der Waals surface area (Å²) < 4.78 is 11.3. The van der Waals surface area contributed by atoms with Crippen molar-refractivity contribution in [1.82, 2.24) is 0 Å². The van der Waals surface area contributed by atoms with Gasteiger partial charge in [-0.15, -0.1) is 5.43 Å². The van der Waals surface area contributed by atoms with Gasteiger partial charge in [0.05, 0.1) is 18.9 Å². The highest BCUT2D eigenvalue weighted by Crippen LogP contribution is 2.48. The van der Waals surface area contributed by atoms with Crippen LogP contribution >= 0.6 is 0 Å². The SMILES string of the molecule is CCOC(=O)C(=Nc1ccccc1)C1(C(=O)OCC)N=[N+](c2ccccc2)Nc2c1c1ccccc1c1ccccc21. The average molecular weight is 558 g/mol. The molecule has 42 heavy (non-hydrogen) atoms. The quantitative estimate of drug-likeness (QED) is 0.0987. The molecule has 6 rings (SSSR count). The lowest BCUT2D eigenvalue weighted by Crippen LogP contribution is -2.51. The van der Waals surface area contributed by atoms with Gasteiger partial charge in [0.2, 0.25) is 0 Å². The lowest BCUT2D eigenvalue weighted by atomic mass is 9.79. The summed E-state index contributed by atoms with van der Waals surface area (Å²) in [6, 6.07) is 34.0. The van der Waals surface area contributed by atoms with Gasteiger partial charge in [-0.2, -0.15) is 0 Å². The maximum absolute atomic E-state index is 14.5. The van der Waals surface area contributed by atoms with Crippen molar-refractivity contribution < 1.29 is 23.9 Å². The van der Waals surface area contributed by atoms with Crippen LogP contribution in [0.3, 0.4) is 0 Å². The van der Waals surface area contributed by atoms with E-state index in [9.17, 15) is 9.59 Å². The first kappa shape index (κ1) is 26.8. The van der Waals surface area contributed by atoms with E-state index in [-0.39, 0.29) is 18.9 Å². The third-order valence-electron chi connectivity index (χ3n) is 7.14. The topological polar surface area (TPSA) is 92.4 Å². The number of aliphatic imine (C=N–C) groups is 1. The number of nitrogens with one attached hydrogen (secondary N) is 1. The predicted molar refractivity (Wildman–Crippen MR) is 162 cm³/mol. The van der Waals surface area contributed by atoms with E-state index in [1.165, 1.54) is 4.81 Å². The molecule has 0 fully saturated rings. The minimum atomic E-state index is -2.03. The van der Waals surface area contributed by atoms with Gasteiger partial charge in [0.1, 0.15) is 5.69 Å². The molecule has 0 aliphatic carbocycles. The van der Waals surface area contributed by atoms with Crippen LogP contribution in [0, 0.1) is 0 Å². The minimum Gasteiger partial charge on any atom is -0.463 e. The Balaban J connectivity index is 1.83. The molecule has 0 radical (unpaired) electrons. The Labute approximate surface area is 242 Å². The van der Waals surface area contributed by atoms with Crippen molar-refractivity contribution in [2.45, 2.75) is 19.4 Å². The van der Waals surface area contributed by atoms with E-state index in [4.69, 9.17) is 19.6 Å². The van der Waals surface area contributed by atoms with Gasteiger partial charge < -0.3 is 9.47 Å². The molecular weight excluding hydrogens is 528 g/mol. The van der Waals surface area contributed by atoms with Crippen LogP contribution in [0.1, 0.15) is 19.4 Å². The van der Waals surface area contributed by atoms with Gasteiger partial charge in [0.15, 0.2) is 5.71 Å². The second-order valence-electron chi connectivity index (χ2n) is 9.65. The van der Waals surface area contributed by atoms with Crippen molar-refractivity contribution in [3.8, 4) is 0 Å². The Bertz CT molecular complexity index is 1870. The smallest absolute Gasteiger partial charge is 0.356 e. The number of carbonyl (C=O) groups is 2. The summed E-state index contributed by atoms with van der Waals surface area (Å²) >= 11 is 0. The molecule has 0 aromatic heterocycles. The van der Waals surface area contributed by atoms with Crippen LogP contribution in [0.5, 0.6) is 0 Å². The maximum Gasteiger partial charge on any atom is 0.356 e. The van der Waals surface area contributed by atoms with Crippen LogP contribution in [0.2, 0.25) is 0 Å². The third-order valence-corrected chi connectivity index (χ3v) is 7.14. The minimum absolute atomic E-state index is 0.0666. The first-order valence-electron chi connectivity index (χ1n) is 13.9. The highest BCUT2D eigenvalue weighted by Gasteiger charge is 2.60. The van der Waals surface area contributed by atoms with E-state index >= 15 is 0 Å². The second-order valence-corrected chi connectivity index (χ2v) is 9.65. The van der Waals surface area contributed by atoms with Crippen molar-refractivity contribution in [1.29, 1.82) is 0 Å². The number of hydrogen-bond donors (Lipinski definition) is 1. The zero-order valence-corrected chi connectivity index (χ0v) is 23.3. The van der Waals surface area contributed by atoms with Crippen molar-refractivity contribution in [2.24, 2.45) is 10.1 Å². The number of fused-ring (bicyclic) bond motifs is 6. The molecule has 5 aromatic carbocycles. The van der Waals surface area contributed by atoms with E-state index in [2.05, 4.69) is 5.43 Å². The zero-order valence-electron chi connectivity index (χ0n) is 23.3. The van der Waals surface area contributed by atoms with E-state index in [1.54, 1.807) is 26.0 Å². The zero-order chi connectivity index (χ0) is 29.1. The molecule has 1 aliphatic heterocycles. The van der Waals surface area contributed by atoms with Gasteiger partial charge in [-0.05, 0) is 42.1 Å². The van der Waals surface area contributed by atoms with Crippen molar-refractivity contribution in [3.63, 3.8) is 0 Å². The molecule has 1 N–H and O–H groups in total. The van der Waals surface area contributed by atoms with Crippen molar-refractivity contribution in [2.75, 3.05) is 18.6 Å². The number of para-hydroxylation sites is 2. The van der Waals surface area contributed by atoms with Crippen LogP contribution in [0.15, 0.2) is 119 Å². The van der Waals surface area contributed by atoms with Gasteiger partial charge in [0.25, 0.3) is 11.2 Å². The van der Waals surface area contributed by atoms with Gasteiger partial charge in [0, 0.05) is 33.0 Å². The van der Waals surface area contributed by atoms with Gasteiger partial charge in [-0.3, -0.25) is 0 Å². The molecule has 0 amide bonds. The molecule has 0 bridgehead atoms. The van der Waals surface area contributed by atoms with Gasteiger partial charge in [-0.1, -0.05) is 84.9 Å². The predicted octanol–water partition coefficient (Wildman–Crippen LogP) is 7.22. The molecular formula is C34H29N4O4+. The van der Waals surface area contributed by atoms with Crippen molar-refractivity contribution >= 4 is 56.3 Å². The standard InChI is InChI=1S/C34H29N4O4/c1-3-41-32(39)31(35-23-15-7-5-8-16-23)34(33(40)42-4-2)29-27-21-13-11-19-25(27)26-20-12-14-22-28(26)30(29)36-38(37-34)24-17-9-6-10-18-24/h5-22H,3-4H2,1-2H3,(H,36,37)/q+1. The van der Waals surface area contributed by atoms with Gasteiger partial charge in [-0.25, -0.2) is 14.6 Å². The molecule has 0 spiro atoms. The fraction of sp³-hybridized carbons (Fsp3) is 0.147. The Morgan fingerprint density at radius 2 is 1.29 bits per heavy atom. The summed E-state index contributed by atoms with van der Waals surface area (Å²) in [5.41, 5.74) is 3.41. The van der Waals surface area contributed by atoms with E-state index in [1.807, 2.05) is 97.1 Å². The van der Waals surface area contributed by atoms with Crippen LogP contribution < -0.4 is 5.43 Å². The van der Waals surface area contributed by atoms with Crippen LogP contribution in [0.25, 0.3) is 21.5 Å². The lowest BCUT2D eigenvalue weighted by Gasteiger charge is -2.31. The monoisotopic (exact) mass is 557 g/mol. The number of benzene rings is 5. The normalized spacial score (nSPS) is 16.3. The number of ether oxygens (including phenoxy) is 2. The van der Waals surface area contributed by atoms with Gasteiger partial charge >= 0.3 is 11.9 Å². The Morgan fingerprint density at radius 1 is 0.738 bits per heavy atom. The number of esters is 2. The molecule has 1 atom stereocenters. The molecule has 1 heterocycles. The number of carbonyl (C=O) groups excluding carboxylic acids is 2. The third kappa shape index (κ3) is 4.47. The fourth-order valence-electron chi connectivity index (χ4n) is 5.40. The highest BCUT2D eigenvalue weighted by atomic mass is 16.5. The molecule has 5 aromatic rings. The summed E-state index contributed by atoms with van der Waals surface area (Å²) in [6.45, 7) is 3.58. The summed E-state index contributed by atoms with van der Waals surface area (Å²) in [5, 5.41) is 8.47. The molecule has 0 saturated carbocycles. The number of rotatable bonds is 7. The Kier molecular flexibility index (Phi) is 7.19. The molecule has 1 unspecified atom stereocenters. The van der Waals surface area contributed by atoms with Crippen molar-refractivity contribution in [3.05, 3.63) is 115 Å². The fourth-order valence-corrected chi connectivity index (χ4v) is 5.40. The first-order valence-corrected chi connectivity index (χ1v) is 13.9. The van der Waals surface area contributed by atoms with Crippen LogP contribution in [-0.2, 0) is 24.6 Å². The summed E-state index contributed by atoms with van der Waals surface area (Å²) in [4.78, 5) is 34.8.